The number of nitrogens with one attached hydrogen (secondary N) is 1. The van der Waals surface area contributed by atoms with Crippen LogP contribution in [0.3, 0.4) is 0 Å². The van der Waals surface area contributed by atoms with Gasteiger partial charge < -0.3 is 5.32 Å². The summed E-state index contributed by atoms with van der Waals surface area (Å²) in [5.41, 5.74) is 0.720. The fourth-order valence-corrected chi connectivity index (χ4v) is 3.01. The zero-order valence-electron chi connectivity index (χ0n) is 12.2. The summed E-state index contributed by atoms with van der Waals surface area (Å²) < 4.78 is 14.1. The minimum atomic E-state index is -0.162. The SMILES string of the molecule is CC(C)CNCc1c(F)cccc1Sc1ccc(Cl)cc1. The highest BCUT2D eigenvalue weighted by molar-refractivity contribution is 7.99. The summed E-state index contributed by atoms with van der Waals surface area (Å²) in [6.07, 6.45) is 0. The van der Waals surface area contributed by atoms with Gasteiger partial charge in [0.1, 0.15) is 5.82 Å². The van der Waals surface area contributed by atoms with Crippen molar-refractivity contribution in [3.05, 3.63) is 58.9 Å². The van der Waals surface area contributed by atoms with Gasteiger partial charge in [0.15, 0.2) is 0 Å². The molecule has 0 aliphatic rings. The monoisotopic (exact) mass is 323 g/mol. The van der Waals surface area contributed by atoms with E-state index in [9.17, 15) is 4.39 Å². The molecule has 0 atom stereocenters. The van der Waals surface area contributed by atoms with E-state index >= 15 is 0 Å². The van der Waals surface area contributed by atoms with E-state index in [4.69, 9.17) is 11.6 Å². The summed E-state index contributed by atoms with van der Waals surface area (Å²) in [5, 5.41) is 4.01. The van der Waals surface area contributed by atoms with Crippen molar-refractivity contribution in [1.82, 2.24) is 5.32 Å². The topological polar surface area (TPSA) is 12.0 Å². The average molecular weight is 324 g/mol. The summed E-state index contributed by atoms with van der Waals surface area (Å²) in [6.45, 7) is 5.69. The summed E-state index contributed by atoms with van der Waals surface area (Å²) in [6, 6.07) is 12.8. The Bertz CT molecular complexity index is 584. The fraction of sp³-hybridized carbons (Fsp3) is 0.294. The molecule has 0 aliphatic carbocycles. The Hall–Kier alpha value is -1.03. The highest BCUT2D eigenvalue weighted by atomic mass is 35.5. The van der Waals surface area contributed by atoms with Gasteiger partial charge in [-0.3, -0.25) is 0 Å². The van der Waals surface area contributed by atoms with E-state index in [1.807, 2.05) is 30.3 Å². The number of benzene rings is 2. The van der Waals surface area contributed by atoms with Crippen LogP contribution in [0.15, 0.2) is 52.3 Å². The van der Waals surface area contributed by atoms with Crippen LogP contribution in [0.25, 0.3) is 0 Å². The van der Waals surface area contributed by atoms with E-state index in [0.29, 0.717) is 17.5 Å². The summed E-state index contributed by atoms with van der Waals surface area (Å²) in [7, 11) is 0. The molecule has 21 heavy (non-hydrogen) atoms. The molecule has 4 heteroatoms. The molecule has 0 aliphatic heterocycles. The number of rotatable bonds is 6. The Labute approximate surface area is 134 Å². The van der Waals surface area contributed by atoms with Crippen molar-refractivity contribution >= 4 is 23.4 Å². The lowest BCUT2D eigenvalue weighted by atomic mass is 10.2. The lowest BCUT2D eigenvalue weighted by molar-refractivity contribution is 0.530. The second kappa shape index (κ2) is 7.83. The maximum absolute atomic E-state index is 14.1. The van der Waals surface area contributed by atoms with Crippen molar-refractivity contribution in [3.8, 4) is 0 Å². The fourth-order valence-electron chi connectivity index (χ4n) is 1.92. The highest BCUT2D eigenvalue weighted by Crippen LogP contribution is 2.32. The molecule has 0 heterocycles. The molecule has 1 nitrogen and oxygen atoms in total. The van der Waals surface area contributed by atoms with Gasteiger partial charge in [-0.1, -0.05) is 43.3 Å². The van der Waals surface area contributed by atoms with Gasteiger partial charge in [0.2, 0.25) is 0 Å². The van der Waals surface area contributed by atoms with Crippen molar-refractivity contribution in [2.24, 2.45) is 5.92 Å². The van der Waals surface area contributed by atoms with E-state index in [1.165, 1.54) is 6.07 Å². The molecule has 0 saturated heterocycles. The molecule has 0 bridgehead atoms. The Morgan fingerprint density at radius 3 is 2.52 bits per heavy atom. The third kappa shape index (κ3) is 5.03. The highest BCUT2D eigenvalue weighted by Gasteiger charge is 2.10. The van der Waals surface area contributed by atoms with E-state index < -0.39 is 0 Å². The molecule has 1 N–H and O–H groups in total. The first-order valence-electron chi connectivity index (χ1n) is 6.98. The van der Waals surface area contributed by atoms with Crippen LogP contribution in [0, 0.1) is 11.7 Å². The van der Waals surface area contributed by atoms with Gasteiger partial charge in [-0.15, -0.1) is 0 Å². The minimum absolute atomic E-state index is 0.162. The Kier molecular flexibility index (Phi) is 6.09. The molecule has 2 rings (SSSR count). The third-order valence-corrected chi connectivity index (χ3v) is 4.33. The molecule has 0 fully saturated rings. The number of halogens is 2. The first-order valence-corrected chi connectivity index (χ1v) is 8.17. The third-order valence-electron chi connectivity index (χ3n) is 2.97. The molecule has 0 amide bonds. The Morgan fingerprint density at radius 2 is 1.86 bits per heavy atom. The molecule has 112 valence electrons. The van der Waals surface area contributed by atoms with E-state index in [2.05, 4.69) is 19.2 Å². The van der Waals surface area contributed by atoms with Crippen LogP contribution in [-0.4, -0.2) is 6.54 Å². The van der Waals surface area contributed by atoms with Crippen LogP contribution in [0.1, 0.15) is 19.4 Å². The maximum atomic E-state index is 14.1. The van der Waals surface area contributed by atoms with Crippen LogP contribution in [0.4, 0.5) is 4.39 Å². The van der Waals surface area contributed by atoms with Crippen LogP contribution in [0.5, 0.6) is 0 Å². The molecule has 2 aromatic rings. The molecule has 0 radical (unpaired) electrons. The normalized spacial score (nSPS) is 11.1. The lowest BCUT2D eigenvalue weighted by Crippen LogP contribution is -2.20. The molecule has 0 unspecified atom stereocenters. The number of hydrogen-bond acceptors (Lipinski definition) is 2. The Morgan fingerprint density at radius 1 is 1.14 bits per heavy atom. The zero-order valence-corrected chi connectivity index (χ0v) is 13.8. The Balaban J connectivity index is 2.14. The second-order valence-corrected chi connectivity index (χ2v) is 6.85. The largest absolute Gasteiger partial charge is 0.312 e. The van der Waals surface area contributed by atoms with Gasteiger partial charge in [-0.05, 0) is 48.9 Å². The summed E-state index contributed by atoms with van der Waals surface area (Å²) in [5.74, 6) is 0.384. The molecular weight excluding hydrogens is 305 g/mol. The van der Waals surface area contributed by atoms with Crippen LogP contribution in [-0.2, 0) is 6.54 Å². The van der Waals surface area contributed by atoms with Gasteiger partial charge in [-0.25, -0.2) is 4.39 Å². The quantitative estimate of drug-likeness (QED) is 0.766. The zero-order chi connectivity index (χ0) is 15.2. The predicted octanol–water partition coefficient (Wildman–Crippen LogP) is 5.38. The van der Waals surface area contributed by atoms with Gasteiger partial charge in [0.05, 0.1) is 0 Å². The van der Waals surface area contributed by atoms with Crippen molar-refractivity contribution < 1.29 is 4.39 Å². The van der Waals surface area contributed by atoms with E-state index in [1.54, 1.807) is 17.8 Å². The van der Waals surface area contributed by atoms with Crippen molar-refractivity contribution in [1.29, 1.82) is 0 Å². The molecule has 0 spiro atoms. The van der Waals surface area contributed by atoms with Crippen LogP contribution in [0.2, 0.25) is 5.02 Å². The van der Waals surface area contributed by atoms with E-state index in [-0.39, 0.29) is 5.82 Å². The molecule has 0 saturated carbocycles. The van der Waals surface area contributed by atoms with Crippen molar-refractivity contribution in [3.63, 3.8) is 0 Å². The molecular formula is C17H19ClFNS. The first-order chi connectivity index (χ1) is 10.1. The van der Waals surface area contributed by atoms with Gasteiger partial charge in [0, 0.05) is 26.9 Å². The summed E-state index contributed by atoms with van der Waals surface area (Å²) in [4.78, 5) is 1.99. The number of hydrogen-bond donors (Lipinski definition) is 1. The van der Waals surface area contributed by atoms with Crippen molar-refractivity contribution in [2.45, 2.75) is 30.2 Å². The van der Waals surface area contributed by atoms with E-state index in [0.717, 1.165) is 21.9 Å². The average Bonchev–Trinajstić information content (AvgIpc) is 2.44. The van der Waals surface area contributed by atoms with Crippen molar-refractivity contribution in [2.75, 3.05) is 6.54 Å². The van der Waals surface area contributed by atoms with Crippen LogP contribution < -0.4 is 5.32 Å². The summed E-state index contributed by atoms with van der Waals surface area (Å²) >= 11 is 7.45. The predicted molar refractivity (Wildman–Crippen MR) is 88.5 cm³/mol. The first kappa shape index (κ1) is 16.3. The molecule has 0 aromatic heterocycles. The van der Waals surface area contributed by atoms with Crippen LogP contribution >= 0.6 is 23.4 Å². The minimum Gasteiger partial charge on any atom is -0.312 e. The smallest absolute Gasteiger partial charge is 0.128 e. The maximum Gasteiger partial charge on any atom is 0.128 e. The standard InChI is InChI=1S/C17H19ClFNS/c1-12(2)10-20-11-15-16(19)4-3-5-17(15)21-14-8-6-13(18)7-9-14/h3-9,12,20H,10-11H2,1-2H3. The molecule has 2 aromatic carbocycles. The van der Waals surface area contributed by atoms with Gasteiger partial charge >= 0.3 is 0 Å². The lowest BCUT2D eigenvalue weighted by Gasteiger charge is -2.12. The van der Waals surface area contributed by atoms with Gasteiger partial charge in [0.25, 0.3) is 0 Å². The van der Waals surface area contributed by atoms with Gasteiger partial charge in [-0.2, -0.15) is 0 Å². The second-order valence-electron chi connectivity index (χ2n) is 5.30.